The van der Waals surface area contributed by atoms with Gasteiger partial charge in [-0.05, 0) is 31.6 Å². The van der Waals surface area contributed by atoms with Crippen LogP contribution in [0, 0.1) is 0 Å². The van der Waals surface area contributed by atoms with Crippen LogP contribution in [0.3, 0.4) is 0 Å². The topological polar surface area (TPSA) is 71.1 Å². The number of methoxy groups -OCH3 is 1. The predicted molar refractivity (Wildman–Crippen MR) is 97.7 cm³/mol. The molecule has 1 fully saturated rings. The maximum Gasteiger partial charge on any atom is 0.205 e. The molecule has 1 aromatic rings. The van der Waals surface area contributed by atoms with Crippen LogP contribution in [0.4, 0.5) is 0 Å². The van der Waals surface area contributed by atoms with Crippen molar-refractivity contribution >= 4 is 26.9 Å². The van der Waals surface area contributed by atoms with E-state index in [1.807, 2.05) is 12.5 Å². The third-order valence-electron chi connectivity index (χ3n) is 3.71. The third-order valence-corrected chi connectivity index (χ3v) is 4.94. The maximum absolute atomic E-state index is 13.0. The molecular formula is C18H24O6S. The fourth-order valence-corrected chi connectivity index (χ4v) is 3.60. The first-order valence-corrected chi connectivity index (χ1v) is 9.93. The van der Waals surface area contributed by atoms with E-state index in [1.165, 1.54) is 7.11 Å². The summed E-state index contributed by atoms with van der Waals surface area (Å²) >= 11 is 0. The number of carbonyl (C=O) groups excluding carboxylic acids is 2. The van der Waals surface area contributed by atoms with Gasteiger partial charge in [0.1, 0.15) is 5.75 Å². The van der Waals surface area contributed by atoms with Gasteiger partial charge in [-0.3, -0.25) is 9.59 Å². The van der Waals surface area contributed by atoms with Crippen molar-refractivity contribution in [2.45, 2.75) is 19.1 Å². The Morgan fingerprint density at radius 1 is 1.20 bits per heavy atom. The molecular weight excluding hydrogens is 344 g/mol. The maximum atomic E-state index is 13.0. The molecule has 0 radical (unpaired) electrons. The zero-order chi connectivity index (χ0) is 18.4. The number of Topliss-reactive ketones (excluding diaryl/α,β-unsaturated/α-hetero) is 2. The van der Waals surface area contributed by atoms with Crippen LogP contribution in [0.2, 0.25) is 0 Å². The number of ether oxygens (including phenoxy) is 4. The second-order valence-electron chi connectivity index (χ2n) is 5.95. The third kappa shape index (κ3) is 4.98. The lowest BCUT2D eigenvalue weighted by Crippen LogP contribution is -2.35. The average Bonchev–Trinajstić information content (AvgIpc) is 2.98. The zero-order valence-corrected chi connectivity index (χ0v) is 15.8. The molecule has 1 aliphatic heterocycles. The van der Waals surface area contributed by atoms with E-state index < -0.39 is 16.3 Å². The van der Waals surface area contributed by atoms with Crippen molar-refractivity contribution in [3.8, 4) is 5.75 Å². The van der Waals surface area contributed by atoms with Crippen molar-refractivity contribution in [2.75, 3.05) is 39.6 Å². The molecule has 0 aliphatic carbocycles. The van der Waals surface area contributed by atoms with E-state index in [0.29, 0.717) is 24.5 Å². The van der Waals surface area contributed by atoms with Crippen LogP contribution in [0.25, 0.3) is 0 Å². The summed E-state index contributed by atoms with van der Waals surface area (Å²) in [7, 11) is 0.977. The number of ketones is 2. The second kappa shape index (κ2) is 8.71. The lowest BCUT2D eigenvalue weighted by Gasteiger charge is -2.22. The first-order valence-electron chi connectivity index (χ1n) is 7.89. The van der Waals surface area contributed by atoms with Gasteiger partial charge < -0.3 is 18.9 Å². The molecule has 0 N–H and O–H groups in total. The molecule has 0 saturated carbocycles. The lowest BCUT2D eigenvalue weighted by molar-refractivity contribution is -0.154. The number of hydrogen-bond acceptors (Lipinski definition) is 6. The molecule has 25 heavy (non-hydrogen) atoms. The molecule has 0 aromatic heterocycles. The number of carbonyl (C=O) groups is 2. The van der Waals surface area contributed by atoms with Crippen molar-refractivity contribution in [1.82, 2.24) is 0 Å². The van der Waals surface area contributed by atoms with Gasteiger partial charge in [0.05, 0.1) is 30.1 Å². The standard InChI is InChI=1S/C18H24O6S/c1-18(23-9-10-24-18)11-14(19)17(25(3)4)16(20)13-7-5-6-8-15(13)22-12-21-2/h5-8H,9-12H2,1-4H3. The monoisotopic (exact) mass is 368 g/mol. The molecule has 1 heterocycles. The minimum absolute atomic E-state index is 0.0142. The number of benzene rings is 1. The lowest BCUT2D eigenvalue weighted by atomic mass is 10.0. The van der Waals surface area contributed by atoms with Crippen molar-refractivity contribution in [1.29, 1.82) is 0 Å². The van der Waals surface area contributed by atoms with Crippen molar-refractivity contribution in [2.24, 2.45) is 0 Å². The fourth-order valence-electron chi connectivity index (χ4n) is 2.60. The molecule has 7 heteroatoms. The summed E-state index contributed by atoms with van der Waals surface area (Å²) in [6, 6.07) is 6.84. The Hall–Kier alpha value is -1.54. The average molecular weight is 368 g/mol. The second-order valence-corrected chi connectivity index (χ2v) is 7.99. The summed E-state index contributed by atoms with van der Waals surface area (Å²) < 4.78 is 21.4. The zero-order valence-electron chi connectivity index (χ0n) is 15.0. The summed E-state index contributed by atoms with van der Waals surface area (Å²) in [4.78, 5) is 26.1. The Morgan fingerprint density at radius 2 is 1.84 bits per heavy atom. The molecule has 6 nitrogen and oxygen atoms in total. The van der Waals surface area contributed by atoms with Crippen molar-refractivity contribution in [3.63, 3.8) is 0 Å². The molecule has 0 bridgehead atoms. The number of para-hydroxylation sites is 1. The van der Waals surface area contributed by atoms with E-state index in [9.17, 15) is 9.59 Å². The molecule has 0 amide bonds. The summed E-state index contributed by atoms with van der Waals surface area (Å²) in [5.41, 5.74) is 0.350. The Kier molecular flexibility index (Phi) is 6.89. The van der Waals surface area contributed by atoms with Crippen LogP contribution in [0.1, 0.15) is 23.7 Å². The van der Waals surface area contributed by atoms with Gasteiger partial charge in [-0.15, -0.1) is 0 Å². The first kappa shape index (κ1) is 19.8. The predicted octanol–water partition coefficient (Wildman–Crippen LogP) is 2.28. The Balaban J connectivity index is 2.28. The van der Waals surface area contributed by atoms with Gasteiger partial charge in [0.15, 0.2) is 18.4 Å². The van der Waals surface area contributed by atoms with E-state index >= 15 is 0 Å². The quantitative estimate of drug-likeness (QED) is 0.303. The van der Waals surface area contributed by atoms with Gasteiger partial charge in [-0.25, -0.2) is 0 Å². The molecule has 1 aliphatic rings. The smallest absolute Gasteiger partial charge is 0.205 e. The van der Waals surface area contributed by atoms with Crippen LogP contribution < -0.4 is 4.74 Å². The van der Waals surface area contributed by atoms with Crippen molar-refractivity contribution < 1.29 is 28.5 Å². The van der Waals surface area contributed by atoms with Gasteiger partial charge in [0.25, 0.3) is 0 Å². The van der Waals surface area contributed by atoms with E-state index in [2.05, 4.69) is 0 Å². The van der Waals surface area contributed by atoms with Crippen LogP contribution in [0.5, 0.6) is 5.75 Å². The highest BCUT2D eigenvalue weighted by atomic mass is 32.2. The normalized spacial score (nSPS) is 16.0. The summed E-state index contributed by atoms with van der Waals surface area (Å²) in [6.45, 7) is 2.64. The van der Waals surface area contributed by atoms with Gasteiger partial charge in [0.2, 0.25) is 5.78 Å². The van der Waals surface area contributed by atoms with Gasteiger partial charge in [-0.2, -0.15) is 10.5 Å². The molecule has 0 unspecified atom stereocenters. The fraction of sp³-hybridized carbons (Fsp3) is 0.500. The van der Waals surface area contributed by atoms with E-state index in [1.54, 1.807) is 31.2 Å². The van der Waals surface area contributed by atoms with Gasteiger partial charge in [0, 0.05) is 7.11 Å². The highest BCUT2D eigenvalue weighted by Gasteiger charge is 2.36. The largest absolute Gasteiger partial charge is 0.467 e. The van der Waals surface area contributed by atoms with Crippen molar-refractivity contribution in [3.05, 3.63) is 29.8 Å². The van der Waals surface area contributed by atoms with Crippen LogP contribution >= 0.6 is 10.5 Å². The molecule has 1 aromatic carbocycles. The molecule has 0 spiro atoms. The number of rotatable bonds is 8. The Labute approximate surface area is 150 Å². The summed E-state index contributed by atoms with van der Waals surface area (Å²) in [5, 5.41) is 0. The van der Waals surface area contributed by atoms with Gasteiger partial charge >= 0.3 is 0 Å². The van der Waals surface area contributed by atoms with Gasteiger partial charge in [-0.1, -0.05) is 12.1 Å². The van der Waals surface area contributed by atoms with Crippen LogP contribution in [0.15, 0.2) is 24.3 Å². The SMILES string of the molecule is COCOc1ccccc1C(=O)C(C(=O)CC1(C)OCCO1)=S(C)C. The first-order chi connectivity index (χ1) is 11.9. The summed E-state index contributed by atoms with van der Waals surface area (Å²) in [5.74, 6) is -1.16. The van der Waals surface area contributed by atoms with E-state index in [-0.39, 0.29) is 29.6 Å². The summed E-state index contributed by atoms with van der Waals surface area (Å²) in [6.07, 6.45) is 3.71. The molecule has 1 saturated heterocycles. The van der Waals surface area contributed by atoms with E-state index in [4.69, 9.17) is 18.9 Å². The Bertz CT molecular complexity index is 672. The highest BCUT2D eigenvalue weighted by molar-refractivity contribution is 8.16. The molecule has 2 rings (SSSR count). The van der Waals surface area contributed by atoms with Crippen LogP contribution in [-0.2, 0) is 19.0 Å². The molecule has 0 atom stereocenters. The van der Waals surface area contributed by atoms with Crippen LogP contribution in [-0.4, -0.2) is 61.8 Å². The van der Waals surface area contributed by atoms with E-state index in [0.717, 1.165) is 0 Å². The number of hydrogen-bond donors (Lipinski definition) is 0. The minimum atomic E-state index is -0.964. The minimum Gasteiger partial charge on any atom is -0.467 e. The Morgan fingerprint density at radius 3 is 2.44 bits per heavy atom. The molecule has 138 valence electrons. The highest BCUT2D eigenvalue weighted by Crippen LogP contribution is 2.26.